The average Bonchev–Trinajstić information content (AvgIpc) is 2.41. The van der Waals surface area contributed by atoms with Gasteiger partial charge in [0, 0.05) is 32.4 Å². The molecule has 1 aromatic heterocycles. The van der Waals surface area contributed by atoms with Crippen molar-refractivity contribution in [2.24, 2.45) is 0 Å². The Kier molecular flexibility index (Phi) is 4.68. The van der Waals surface area contributed by atoms with Crippen molar-refractivity contribution >= 4 is 17.5 Å². The molecule has 1 aliphatic rings. The summed E-state index contributed by atoms with van der Waals surface area (Å²) in [6.07, 6.45) is 3.56. The highest BCUT2D eigenvalue weighted by atomic mass is 32.2. The molecule has 6 heteroatoms. The summed E-state index contributed by atoms with van der Waals surface area (Å²) in [7, 11) is 2.11. The van der Waals surface area contributed by atoms with Crippen LogP contribution < -0.4 is 0 Å². The molecule has 18 heavy (non-hydrogen) atoms. The van der Waals surface area contributed by atoms with Crippen LogP contribution in [-0.4, -0.2) is 71.6 Å². The second-order valence-corrected chi connectivity index (χ2v) is 5.20. The Morgan fingerprint density at radius 1 is 1.39 bits per heavy atom. The molecule has 0 saturated carbocycles. The van der Waals surface area contributed by atoms with Crippen LogP contribution in [-0.2, 0) is 0 Å². The van der Waals surface area contributed by atoms with Gasteiger partial charge in [-0.25, -0.2) is 9.97 Å². The predicted octanol–water partition coefficient (Wildman–Crippen LogP) is 0.629. The standard InChI is InChI=1S/C12H18N4OS/c1-15-5-7-16(8-6-15)9-11(17)10-3-4-13-12(14-10)18-2/h3-4H,5-9H2,1-2H3. The zero-order chi connectivity index (χ0) is 13.0. The first-order valence-electron chi connectivity index (χ1n) is 6.00. The molecule has 0 radical (unpaired) electrons. The number of ketones is 1. The van der Waals surface area contributed by atoms with E-state index in [1.54, 1.807) is 12.3 Å². The van der Waals surface area contributed by atoms with Gasteiger partial charge in [0.05, 0.1) is 6.54 Å². The number of Topliss-reactive ketones (excluding diaryl/α,β-unsaturated/α-hetero) is 1. The van der Waals surface area contributed by atoms with E-state index in [9.17, 15) is 4.79 Å². The van der Waals surface area contributed by atoms with Gasteiger partial charge in [0.25, 0.3) is 0 Å². The minimum atomic E-state index is 0.0808. The van der Waals surface area contributed by atoms with Gasteiger partial charge in [-0.05, 0) is 19.4 Å². The van der Waals surface area contributed by atoms with E-state index >= 15 is 0 Å². The lowest BCUT2D eigenvalue weighted by atomic mass is 10.2. The molecule has 0 amide bonds. The summed E-state index contributed by atoms with van der Waals surface area (Å²) in [6, 6.07) is 1.69. The van der Waals surface area contributed by atoms with Crippen LogP contribution in [0.3, 0.4) is 0 Å². The lowest BCUT2D eigenvalue weighted by Gasteiger charge is -2.31. The molecule has 1 fully saturated rings. The molecule has 2 rings (SSSR count). The van der Waals surface area contributed by atoms with E-state index in [1.807, 2.05) is 6.26 Å². The molecule has 0 bridgehead atoms. The van der Waals surface area contributed by atoms with E-state index in [-0.39, 0.29) is 5.78 Å². The van der Waals surface area contributed by atoms with Gasteiger partial charge < -0.3 is 4.90 Å². The first-order valence-corrected chi connectivity index (χ1v) is 7.22. The summed E-state index contributed by atoms with van der Waals surface area (Å²) in [5.74, 6) is 0.0808. The first-order chi connectivity index (χ1) is 8.69. The molecule has 1 aromatic rings. The molecule has 0 aliphatic carbocycles. The maximum atomic E-state index is 12.1. The number of carbonyl (C=O) groups excluding carboxylic acids is 1. The highest BCUT2D eigenvalue weighted by Crippen LogP contribution is 2.09. The van der Waals surface area contributed by atoms with Crippen molar-refractivity contribution in [3.8, 4) is 0 Å². The number of rotatable bonds is 4. The Balaban J connectivity index is 1.94. The number of hydrogen-bond acceptors (Lipinski definition) is 6. The van der Waals surface area contributed by atoms with E-state index in [0.29, 0.717) is 17.4 Å². The molecule has 1 saturated heterocycles. The monoisotopic (exact) mass is 266 g/mol. The zero-order valence-electron chi connectivity index (χ0n) is 10.8. The molecule has 98 valence electrons. The molecule has 0 atom stereocenters. The third-order valence-electron chi connectivity index (χ3n) is 3.06. The van der Waals surface area contributed by atoms with Crippen LogP contribution in [0.25, 0.3) is 0 Å². The van der Waals surface area contributed by atoms with E-state index < -0.39 is 0 Å². The molecule has 0 aromatic carbocycles. The smallest absolute Gasteiger partial charge is 0.195 e. The highest BCUT2D eigenvalue weighted by molar-refractivity contribution is 7.98. The van der Waals surface area contributed by atoms with Crippen molar-refractivity contribution in [3.63, 3.8) is 0 Å². The van der Waals surface area contributed by atoms with Gasteiger partial charge in [0.15, 0.2) is 10.9 Å². The molecule has 0 N–H and O–H groups in total. The summed E-state index contributed by atoms with van der Waals surface area (Å²) in [6.45, 7) is 4.39. The average molecular weight is 266 g/mol. The van der Waals surface area contributed by atoms with Gasteiger partial charge in [-0.1, -0.05) is 11.8 Å². The lowest BCUT2D eigenvalue weighted by molar-refractivity contribution is 0.0870. The van der Waals surface area contributed by atoms with Crippen LogP contribution in [0.15, 0.2) is 17.4 Å². The Morgan fingerprint density at radius 3 is 2.78 bits per heavy atom. The summed E-state index contributed by atoms with van der Waals surface area (Å²) in [5, 5.41) is 0.652. The maximum Gasteiger partial charge on any atom is 0.195 e. The van der Waals surface area contributed by atoms with E-state index in [2.05, 4.69) is 26.8 Å². The third kappa shape index (κ3) is 3.51. The zero-order valence-corrected chi connectivity index (χ0v) is 11.6. The van der Waals surface area contributed by atoms with Crippen LogP contribution in [0, 0.1) is 0 Å². The number of likely N-dealkylation sites (N-methyl/N-ethyl adjacent to an activating group) is 1. The van der Waals surface area contributed by atoms with Gasteiger partial charge in [-0.3, -0.25) is 9.69 Å². The maximum absolute atomic E-state index is 12.1. The fraction of sp³-hybridized carbons (Fsp3) is 0.583. The van der Waals surface area contributed by atoms with E-state index in [1.165, 1.54) is 11.8 Å². The molecule has 0 spiro atoms. The van der Waals surface area contributed by atoms with Crippen molar-refractivity contribution in [1.82, 2.24) is 19.8 Å². The topological polar surface area (TPSA) is 49.3 Å². The normalized spacial score (nSPS) is 17.9. The minimum Gasteiger partial charge on any atom is -0.304 e. The van der Waals surface area contributed by atoms with Gasteiger partial charge in [-0.2, -0.15) is 0 Å². The molecular formula is C12H18N4OS. The summed E-state index contributed by atoms with van der Waals surface area (Å²) >= 11 is 1.45. The van der Waals surface area contributed by atoms with Crippen LogP contribution in [0.5, 0.6) is 0 Å². The molecule has 2 heterocycles. The molecule has 0 unspecified atom stereocenters. The van der Waals surface area contributed by atoms with Crippen molar-refractivity contribution in [3.05, 3.63) is 18.0 Å². The number of hydrogen-bond donors (Lipinski definition) is 0. The summed E-state index contributed by atoms with van der Waals surface area (Å²) in [5.41, 5.74) is 0.522. The van der Waals surface area contributed by atoms with E-state index in [4.69, 9.17) is 0 Å². The summed E-state index contributed by atoms with van der Waals surface area (Å²) in [4.78, 5) is 24.9. The van der Waals surface area contributed by atoms with Crippen molar-refractivity contribution in [2.45, 2.75) is 5.16 Å². The fourth-order valence-electron chi connectivity index (χ4n) is 1.88. The third-order valence-corrected chi connectivity index (χ3v) is 3.63. The number of thioether (sulfide) groups is 1. The Bertz CT molecular complexity index is 418. The number of nitrogens with zero attached hydrogens (tertiary/aromatic N) is 4. The second kappa shape index (κ2) is 6.26. The number of carbonyl (C=O) groups is 1. The van der Waals surface area contributed by atoms with Crippen molar-refractivity contribution < 1.29 is 4.79 Å². The first kappa shape index (κ1) is 13.5. The van der Waals surface area contributed by atoms with Crippen molar-refractivity contribution in [1.29, 1.82) is 0 Å². The Hall–Kier alpha value is -0.980. The predicted molar refractivity (Wildman–Crippen MR) is 72.1 cm³/mol. The highest BCUT2D eigenvalue weighted by Gasteiger charge is 2.18. The number of aromatic nitrogens is 2. The van der Waals surface area contributed by atoms with Gasteiger partial charge in [-0.15, -0.1) is 0 Å². The van der Waals surface area contributed by atoms with Crippen LogP contribution in [0.2, 0.25) is 0 Å². The molecular weight excluding hydrogens is 248 g/mol. The second-order valence-electron chi connectivity index (χ2n) is 4.43. The Morgan fingerprint density at radius 2 is 2.11 bits per heavy atom. The van der Waals surface area contributed by atoms with Gasteiger partial charge in [0.2, 0.25) is 0 Å². The van der Waals surface area contributed by atoms with Crippen molar-refractivity contribution in [2.75, 3.05) is 46.0 Å². The molecule has 1 aliphatic heterocycles. The fourth-order valence-corrected chi connectivity index (χ4v) is 2.24. The lowest BCUT2D eigenvalue weighted by Crippen LogP contribution is -2.46. The summed E-state index contributed by atoms with van der Waals surface area (Å²) < 4.78 is 0. The van der Waals surface area contributed by atoms with Crippen LogP contribution in [0.4, 0.5) is 0 Å². The van der Waals surface area contributed by atoms with Gasteiger partial charge in [0.1, 0.15) is 5.69 Å². The quantitative estimate of drug-likeness (QED) is 0.452. The van der Waals surface area contributed by atoms with Crippen LogP contribution in [0.1, 0.15) is 10.5 Å². The minimum absolute atomic E-state index is 0.0808. The Labute approximate surface area is 112 Å². The van der Waals surface area contributed by atoms with E-state index in [0.717, 1.165) is 26.2 Å². The molecule has 5 nitrogen and oxygen atoms in total. The van der Waals surface area contributed by atoms with Gasteiger partial charge >= 0.3 is 0 Å². The van der Waals surface area contributed by atoms with Crippen LogP contribution >= 0.6 is 11.8 Å². The largest absolute Gasteiger partial charge is 0.304 e. The number of piperazine rings is 1. The SMILES string of the molecule is CSc1nccc(C(=O)CN2CCN(C)CC2)n1.